The van der Waals surface area contributed by atoms with E-state index >= 15 is 0 Å². The van der Waals surface area contributed by atoms with Gasteiger partial charge in [0.25, 0.3) is 0 Å². The molecule has 80 valence electrons. The maximum atomic E-state index is 11.0. The topological polar surface area (TPSA) is 86.6 Å². The van der Waals surface area contributed by atoms with Crippen LogP contribution in [-0.4, -0.2) is 34.2 Å². The predicted octanol–water partition coefficient (Wildman–Crippen LogP) is -0.0956. The molecule has 0 aromatic rings. The van der Waals surface area contributed by atoms with E-state index in [0.717, 1.165) is 6.92 Å². The Morgan fingerprint density at radius 2 is 2.14 bits per heavy atom. The minimum absolute atomic E-state index is 0.249. The Balaban J connectivity index is 3.87. The Morgan fingerprint density at radius 3 is 2.57 bits per heavy atom. The number of rotatable bonds is 6. The smallest absolute Gasteiger partial charge is 0.337 e. The van der Waals surface area contributed by atoms with Gasteiger partial charge in [-0.05, 0) is 13.3 Å². The number of allylic oxidation sites excluding steroid dienone is 1. The van der Waals surface area contributed by atoms with Crippen molar-refractivity contribution in [1.82, 2.24) is 5.32 Å². The lowest BCUT2D eigenvalue weighted by Gasteiger charge is -2.17. The van der Waals surface area contributed by atoms with Gasteiger partial charge in [0.1, 0.15) is 0 Å². The maximum Gasteiger partial charge on any atom is 0.337 e. The van der Waals surface area contributed by atoms with Gasteiger partial charge >= 0.3 is 5.97 Å². The molecule has 0 aliphatic heterocycles. The third kappa shape index (κ3) is 4.61. The number of aliphatic hydroxyl groups is 1. The number of carboxylic acids is 1. The molecule has 3 N–H and O–H groups in total. The van der Waals surface area contributed by atoms with Gasteiger partial charge in [0.15, 0.2) is 5.60 Å². The second kappa shape index (κ2) is 5.39. The molecular formula is C9H15NO4. The molecular weight excluding hydrogens is 186 g/mol. The van der Waals surface area contributed by atoms with Crippen LogP contribution >= 0.6 is 0 Å². The molecule has 0 saturated heterocycles. The van der Waals surface area contributed by atoms with E-state index in [1.165, 1.54) is 0 Å². The molecule has 5 nitrogen and oxygen atoms in total. The first-order chi connectivity index (χ1) is 6.40. The first-order valence-corrected chi connectivity index (χ1v) is 4.23. The summed E-state index contributed by atoms with van der Waals surface area (Å²) < 4.78 is 0. The largest absolute Gasteiger partial charge is 0.479 e. The number of carbonyl (C=O) groups excluding carboxylic acids is 1. The van der Waals surface area contributed by atoms with E-state index < -0.39 is 11.6 Å². The third-order valence-electron chi connectivity index (χ3n) is 1.67. The van der Waals surface area contributed by atoms with Crippen LogP contribution in [0.3, 0.4) is 0 Å². The van der Waals surface area contributed by atoms with Crippen molar-refractivity contribution < 1.29 is 19.8 Å². The zero-order valence-corrected chi connectivity index (χ0v) is 8.12. The molecule has 5 heteroatoms. The zero-order chi connectivity index (χ0) is 11.2. The van der Waals surface area contributed by atoms with E-state index in [9.17, 15) is 14.7 Å². The summed E-state index contributed by atoms with van der Waals surface area (Å²) in [4.78, 5) is 21.4. The SMILES string of the molecule is C=CCCC(=O)NCC(C)(O)C(=O)O. The summed E-state index contributed by atoms with van der Waals surface area (Å²) in [6.07, 6.45) is 2.37. The van der Waals surface area contributed by atoms with Gasteiger partial charge in [-0.25, -0.2) is 4.79 Å². The molecule has 0 heterocycles. The average molecular weight is 201 g/mol. The van der Waals surface area contributed by atoms with E-state index in [1.54, 1.807) is 6.08 Å². The van der Waals surface area contributed by atoms with Crippen LogP contribution in [0.25, 0.3) is 0 Å². The molecule has 0 rings (SSSR count). The normalized spacial score (nSPS) is 14.1. The molecule has 1 unspecified atom stereocenters. The van der Waals surface area contributed by atoms with Crippen LogP contribution < -0.4 is 5.32 Å². The highest BCUT2D eigenvalue weighted by molar-refractivity contribution is 5.80. The van der Waals surface area contributed by atoms with Crippen LogP contribution in [0.2, 0.25) is 0 Å². The third-order valence-corrected chi connectivity index (χ3v) is 1.67. The van der Waals surface area contributed by atoms with Gasteiger partial charge in [0.2, 0.25) is 5.91 Å². The summed E-state index contributed by atoms with van der Waals surface area (Å²) in [5.74, 6) is -1.66. The predicted molar refractivity (Wildman–Crippen MR) is 50.7 cm³/mol. The Labute approximate surface area is 82.4 Å². The molecule has 0 fully saturated rings. The number of nitrogens with one attached hydrogen (secondary N) is 1. The summed E-state index contributed by atoms with van der Waals surface area (Å²) in [6.45, 7) is 4.28. The average Bonchev–Trinajstić information content (AvgIpc) is 2.11. The van der Waals surface area contributed by atoms with Crippen molar-refractivity contribution in [2.24, 2.45) is 0 Å². The number of carboxylic acid groups (broad SMARTS) is 1. The lowest BCUT2D eigenvalue weighted by Crippen LogP contribution is -2.46. The van der Waals surface area contributed by atoms with Crippen molar-refractivity contribution in [2.75, 3.05) is 6.54 Å². The van der Waals surface area contributed by atoms with Gasteiger partial charge in [0.05, 0.1) is 6.54 Å². The molecule has 14 heavy (non-hydrogen) atoms. The molecule has 0 bridgehead atoms. The second-order valence-electron chi connectivity index (χ2n) is 3.18. The molecule has 1 atom stereocenters. The first kappa shape index (κ1) is 12.6. The van der Waals surface area contributed by atoms with Crippen LogP contribution in [0.1, 0.15) is 19.8 Å². The minimum Gasteiger partial charge on any atom is -0.479 e. The van der Waals surface area contributed by atoms with Gasteiger partial charge < -0.3 is 15.5 Å². The summed E-state index contributed by atoms with van der Waals surface area (Å²) >= 11 is 0. The molecule has 0 spiro atoms. The molecule has 0 radical (unpaired) electrons. The van der Waals surface area contributed by atoms with E-state index in [4.69, 9.17) is 5.11 Å². The van der Waals surface area contributed by atoms with Gasteiger partial charge in [-0.1, -0.05) is 6.08 Å². The van der Waals surface area contributed by atoms with Gasteiger partial charge in [-0.15, -0.1) is 6.58 Å². The van der Waals surface area contributed by atoms with Gasteiger partial charge in [-0.2, -0.15) is 0 Å². The highest BCUT2D eigenvalue weighted by atomic mass is 16.4. The molecule has 0 aromatic heterocycles. The van der Waals surface area contributed by atoms with Crippen molar-refractivity contribution >= 4 is 11.9 Å². The van der Waals surface area contributed by atoms with Crippen molar-refractivity contribution in [3.8, 4) is 0 Å². The number of amides is 1. The van der Waals surface area contributed by atoms with Crippen molar-refractivity contribution in [3.63, 3.8) is 0 Å². The quantitative estimate of drug-likeness (QED) is 0.524. The standard InChI is InChI=1S/C9H15NO4/c1-3-4-5-7(11)10-6-9(2,14)8(12)13/h3,14H,1,4-6H2,2H3,(H,10,11)(H,12,13). The molecule has 0 aliphatic rings. The zero-order valence-electron chi connectivity index (χ0n) is 8.12. The lowest BCUT2D eigenvalue weighted by molar-refractivity contribution is -0.156. The first-order valence-electron chi connectivity index (χ1n) is 4.23. The number of aliphatic carboxylic acids is 1. The summed E-state index contributed by atoms with van der Waals surface area (Å²) in [5.41, 5.74) is -1.91. The summed E-state index contributed by atoms with van der Waals surface area (Å²) in [6, 6.07) is 0. The summed E-state index contributed by atoms with van der Waals surface area (Å²) in [5, 5.41) is 20.1. The van der Waals surface area contributed by atoms with Crippen LogP contribution in [0, 0.1) is 0 Å². The molecule has 0 aliphatic carbocycles. The van der Waals surface area contributed by atoms with Gasteiger partial charge in [-0.3, -0.25) is 4.79 Å². The fourth-order valence-electron chi connectivity index (χ4n) is 0.668. The van der Waals surface area contributed by atoms with Crippen molar-refractivity contribution in [1.29, 1.82) is 0 Å². The molecule has 0 aromatic carbocycles. The van der Waals surface area contributed by atoms with Gasteiger partial charge in [0, 0.05) is 6.42 Å². The Kier molecular flexibility index (Phi) is 4.86. The fraction of sp³-hybridized carbons (Fsp3) is 0.556. The van der Waals surface area contributed by atoms with E-state index in [2.05, 4.69) is 11.9 Å². The molecule has 1 amide bonds. The van der Waals surface area contributed by atoms with Crippen LogP contribution in [0.15, 0.2) is 12.7 Å². The number of hydrogen-bond acceptors (Lipinski definition) is 3. The van der Waals surface area contributed by atoms with Crippen molar-refractivity contribution in [3.05, 3.63) is 12.7 Å². The summed E-state index contributed by atoms with van der Waals surface area (Å²) in [7, 11) is 0. The monoisotopic (exact) mass is 201 g/mol. The Bertz CT molecular complexity index is 235. The van der Waals surface area contributed by atoms with Crippen LogP contribution in [0.5, 0.6) is 0 Å². The number of carbonyl (C=O) groups is 2. The maximum absolute atomic E-state index is 11.0. The minimum atomic E-state index is -1.91. The van der Waals surface area contributed by atoms with E-state index in [0.29, 0.717) is 6.42 Å². The Morgan fingerprint density at radius 1 is 1.57 bits per heavy atom. The van der Waals surface area contributed by atoms with Crippen molar-refractivity contribution in [2.45, 2.75) is 25.4 Å². The Hall–Kier alpha value is -1.36. The van der Waals surface area contributed by atoms with Crippen LogP contribution in [0.4, 0.5) is 0 Å². The van der Waals surface area contributed by atoms with Crippen LogP contribution in [-0.2, 0) is 9.59 Å². The lowest BCUT2D eigenvalue weighted by atomic mass is 10.1. The second-order valence-corrected chi connectivity index (χ2v) is 3.18. The highest BCUT2D eigenvalue weighted by Crippen LogP contribution is 2.01. The molecule has 0 saturated carbocycles. The highest BCUT2D eigenvalue weighted by Gasteiger charge is 2.29. The fourth-order valence-corrected chi connectivity index (χ4v) is 0.668. The number of hydrogen-bond donors (Lipinski definition) is 3. The van der Waals surface area contributed by atoms with E-state index in [-0.39, 0.29) is 18.9 Å². The van der Waals surface area contributed by atoms with E-state index in [1.807, 2.05) is 0 Å².